The van der Waals surface area contributed by atoms with E-state index >= 15 is 0 Å². The molecular formula is C15H25N3. The van der Waals surface area contributed by atoms with Crippen molar-refractivity contribution in [3.63, 3.8) is 0 Å². The molecule has 2 rings (SSSR count). The predicted molar refractivity (Wildman–Crippen MR) is 77.7 cm³/mol. The van der Waals surface area contributed by atoms with Gasteiger partial charge in [0, 0.05) is 12.2 Å². The molecule has 100 valence electrons. The Morgan fingerprint density at radius 1 is 1.33 bits per heavy atom. The van der Waals surface area contributed by atoms with Crippen LogP contribution in [0.15, 0.2) is 12.3 Å². The third-order valence-electron chi connectivity index (χ3n) is 3.94. The van der Waals surface area contributed by atoms with Crippen LogP contribution in [-0.4, -0.2) is 11.0 Å². The number of nitrogen functional groups attached to an aromatic ring is 1. The Morgan fingerprint density at radius 2 is 2.06 bits per heavy atom. The second kappa shape index (κ2) is 6.07. The van der Waals surface area contributed by atoms with Crippen molar-refractivity contribution < 1.29 is 0 Å². The monoisotopic (exact) mass is 247 g/mol. The van der Waals surface area contributed by atoms with Crippen molar-refractivity contribution in [2.45, 2.75) is 58.4 Å². The average molecular weight is 247 g/mol. The van der Waals surface area contributed by atoms with Crippen molar-refractivity contribution >= 4 is 11.5 Å². The van der Waals surface area contributed by atoms with Crippen LogP contribution in [0.25, 0.3) is 0 Å². The van der Waals surface area contributed by atoms with Gasteiger partial charge in [-0.2, -0.15) is 0 Å². The second-order valence-electron chi connectivity index (χ2n) is 5.60. The normalized spacial score (nSPS) is 23.9. The summed E-state index contributed by atoms with van der Waals surface area (Å²) in [6.45, 7) is 4.30. The van der Waals surface area contributed by atoms with Crippen LogP contribution in [0.4, 0.5) is 11.5 Å². The topological polar surface area (TPSA) is 50.9 Å². The van der Waals surface area contributed by atoms with Gasteiger partial charge in [-0.1, -0.05) is 19.8 Å². The molecule has 1 heterocycles. The van der Waals surface area contributed by atoms with Gasteiger partial charge in [0.1, 0.15) is 5.82 Å². The number of hydrogen-bond donors (Lipinski definition) is 2. The lowest BCUT2D eigenvalue weighted by Gasteiger charge is -2.29. The Kier molecular flexibility index (Phi) is 4.45. The van der Waals surface area contributed by atoms with Gasteiger partial charge in [0.25, 0.3) is 0 Å². The summed E-state index contributed by atoms with van der Waals surface area (Å²) < 4.78 is 0. The van der Waals surface area contributed by atoms with Gasteiger partial charge in [-0.05, 0) is 50.2 Å². The summed E-state index contributed by atoms with van der Waals surface area (Å²) in [5.41, 5.74) is 7.87. The molecule has 0 aromatic carbocycles. The number of aromatic nitrogens is 1. The second-order valence-corrected chi connectivity index (χ2v) is 5.60. The average Bonchev–Trinajstić information content (AvgIpc) is 2.35. The zero-order chi connectivity index (χ0) is 13.0. The van der Waals surface area contributed by atoms with E-state index in [1.165, 1.54) is 38.5 Å². The number of rotatable bonds is 4. The summed E-state index contributed by atoms with van der Waals surface area (Å²) >= 11 is 0. The molecule has 1 saturated carbocycles. The Morgan fingerprint density at radius 3 is 2.67 bits per heavy atom. The van der Waals surface area contributed by atoms with Crippen molar-refractivity contribution in [3.05, 3.63) is 17.8 Å². The first-order valence-electron chi connectivity index (χ1n) is 7.17. The van der Waals surface area contributed by atoms with Gasteiger partial charge in [-0.15, -0.1) is 0 Å². The third-order valence-corrected chi connectivity index (χ3v) is 3.94. The number of aryl methyl sites for hydroxylation is 1. The molecule has 1 aromatic heterocycles. The van der Waals surface area contributed by atoms with Gasteiger partial charge >= 0.3 is 0 Å². The fourth-order valence-electron chi connectivity index (χ4n) is 2.91. The molecule has 0 unspecified atom stereocenters. The van der Waals surface area contributed by atoms with E-state index in [2.05, 4.69) is 17.2 Å². The van der Waals surface area contributed by atoms with Crippen LogP contribution < -0.4 is 11.1 Å². The lowest BCUT2D eigenvalue weighted by atomic mass is 9.83. The predicted octanol–water partition coefficient (Wildman–Crippen LogP) is 3.74. The largest absolute Gasteiger partial charge is 0.396 e. The summed E-state index contributed by atoms with van der Waals surface area (Å²) in [5, 5.41) is 3.50. The van der Waals surface area contributed by atoms with Gasteiger partial charge in [-0.25, -0.2) is 4.98 Å². The van der Waals surface area contributed by atoms with E-state index in [1.807, 2.05) is 19.2 Å². The van der Waals surface area contributed by atoms with Crippen LogP contribution in [0, 0.1) is 12.8 Å². The SMILES string of the molecule is CCCC1CCC(Nc2ncc(C)cc2N)CC1. The van der Waals surface area contributed by atoms with E-state index in [-0.39, 0.29) is 0 Å². The molecule has 0 bridgehead atoms. The van der Waals surface area contributed by atoms with Crippen molar-refractivity contribution in [2.24, 2.45) is 5.92 Å². The summed E-state index contributed by atoms with van der Waals surface area (Å²) in [4.78, 5) is 4.39. The maximum atomic E-state index is 5.99. The Balaban J connectivity index is 1.87. The van der Waals surface area contributed by atoms with Crippen LogP contribution >= 0.6 is 0 Å². The van der Waals surface area contributed by atoms with Gasteiger partial charge in [0.05, 0.1) is 5.69 Å². The summed E-state index contributed by atoms with van der Waals surface area (Å²) in [6, 6.07) is 2.54. The van der Waals surface area contributed by atoms with Crippen LogP contribution in [-0.2, 0) is 0 Å². The zero-order valence-corrected chi connectivity index (χ0v) is 11.6. The van der Waals surface area contributed by atoms with E-state index < -0.39 is 0 Å². The van der Waals surface area contributed by atoms with Gasteiger partial charge in [0.15, 0.2) is 0 Å². The summed E-state index contributed by atoms with van der Waals surface area (Å²) in [6.07, 6.45) is 9.77. The molecule has 0 atom stereocenters. The summed E-state index contributed by atoms with van der Waals surface area (Å²) in [5.74, 6) is 1.80. The molecule has 3 heteroatoms. The lowest BCUT2D eigenvalue weighted by Crippen LogP contribution is -2.26. The minimum absolute atomic E-state index is 0.551. The number of anilines is 2. The highest BCUT2D eigenvalue weighted by atomic mass is 15.0. The van der Waals surface area contributed by atoms with Gasteiger partial charge in [0.2, 0.25) is 0 Å². The molecule has 1 aromatic rings. The van der Waals surface area contributed by atoms with Gasteiger partial charge in [-0.3, -0.25) is 0 Å². The Bertz CT molecular complexity index is 381. The highest BCUT2D eigenvalue weighted by molar-refractivity contribution is 5.62. The van der Waals surface area contributed by atoms with E-state index in [1.54, 1.807) is 0 Å². The molecule has 3 nitrogen and oxygen atoms in total. The molecular weight excluding hydrogens is 222 g/mol. The molecule has 0 amide bonds. The number of hydrogen-bond acceptors (Lipinski definition) is 3. The third kappa shape index (κ3) is 3.37. The molecule has 3 N–H and O–H groups in total. The van der Waals surface area contributed by atoms with Crippen LogP contribution in [0.3, 0.4) is 0 Å². The Labute approximate surface area is 110 Å². The number of pyridine rings is 1. The lowest BCUT2D eigenvalue weighted by molar-refractivity contribution is 0.318. The van der Waals surface area contributed by atoms with Crippen LogP contribution in [0.1, 0.15) is 51.0 Å². The van der Waals surface area contributed by atoms with Crippen LogP contribution in [0.5, 0.6) is 0 Å². The minimum atomic E-state index is 0.551. The van der Waals surface area contributed by atoms with Crippen molar-refractivity contribution in [3.8, 4) is 0 Å². The van der Waals surface area contributed by atoms with Crippen molar-refractivity contribution in [1.82, 2.24) is 4.98 Å². The highest BCUT2D eigenvalue weighted by Gasteiger charge is 2.21. The maximum Gasteiger partial charge on any atom is 0.149 e. The van der Waals surface area contributed by atoms with Crippen LogP contribution in [0.2, 0.25) is 0 Å². The number of nitrogens with one attached hydrogen (secondary N) is 1. The molecule has 0 radical (unpaired) electrons. The highest BCUT2D eigenvalue weighted by Crippen LogP contribution is 2.30. The first-order valence-corrected chi connectivity index (χ1v) is 7.17. The van der Waals surface area contributed by atoms with E-state index in [9.17, 15) is 0 Å². The fourth-order valence-corrected chi connectivity index (χ4v) is 2.91. The van der Waals surface area contributed by atoms with E-state index in [0.717, 1.165) is 23.0 Å². The standard InChI is InChI=1S/C15H25N3/c1-3-4-12-5-7-13(8-6-12)18-15-14(16)9-11(2)10-17-15/h9-10,12-13H,3-8,16H2,1-2H3,(H,17,18). The van der Waals surface area contributed by atoms with E-state index in [4.69, 9.17) is 5.73 Å². The number of nitrogens with zero attached hydrogens (tertiary/aromatic N) is 1. The van der Waals surface area contributed by atoms with Gasteiger partial charge < -0.3 is 11.1 Å². The molecule has 1 aliphatic carbocycles. The molecule has 18 heavy (non-hydrogen) atoms. The molecule has 1 aliphatic rings. The number of nitrogens with two attached hydrogens (primary N) is 1. The van der Waals surface area contributed by atoms with Crippen molar-refractivity contribution in [1.29, 1.82) is 0 Å². The quantitative estimate of drug-likeness (QED) is 0.852. The fraction of sp³-hybridized carbons (Fsp3) is 0.667. The Hall–Kier alpha value is -1.25. The maximum absolute atomic E-state index is 5.99. The smallest absolute Gasteiger partial charge is 0.149 e. The van der Waals surface area contributed by atoms with Crippen molar-refractivity contribution in [2.75, 3.05) is 11.1 Å². The molecule has 0 spiro atoms. The molecule has 1 fully saturated rings. The first-order chi connectivity index (χ1) is 8.69. The molecule has 0 aliphatic heterocycles. The zero-order valence-electron chi connectivity index (χ0n) is 11.6. The summed E-state index contributed by atoms with van der Waals surface area (Å²) in [7, 11) is 0. The first kappa shape index (κ1) is 13.2. The minimum Gasteiger partial charge on any atom is -0.396 e. The van der Waals surface area contributed by atoms with E-state index in [0.29, 0.717) is 6.04 Å². The molecule has 0 saturated heterocycles.